The number of nitrogens with zero attached hydrogens (tertiary/aromatic N) is 1. The number of hydrogen-bond donors (Lipinski definition) is 5. The van der Waals surface area contributed by atoms with E-state index >= 15 is 0 Å². The Morgan fingerprint density at radius 1 is 1.10 bits per heavy atom. The van der Waals surface area contributed by atoms with Crippen LogP contribution >= 0.6 is 0 Å². The number of nitrogens with two attached hydrogens (primary N) is 1. The van der Waals surface area contributed by atoms with Gasteiger partial charge in [0.25, 0.3) is 5.91 Å². The Hall–Kier alpha value is -4.02. The number of nitrogens with one attached hydrogen (secondary N) is 4. The summed E-state index contributed by atoms with van der Waals surface area (Å²) in [5.41, 5.74) is 5.67. The van der Waals surface area contributed by atoms with Crippen molar-refractivity contribution in [1.82, 2.24) is 20.9 Å². The number of amides is 3. The number of likely N-dealkylation sites (tertiary alicyclic amines) is 1. The van der Waals surface area contributed by atoms with Crippen molar-refractivity contribution in [2.75, 3.05) is 19.8 Å². The molecule has 0 radical (unpaired) electrons. The first-order valence-electron chi connectivity index (χ1n) is 13.2. The molecule has 0 aromatic heterocycles. The molecule has 1 heterocycles. The van der Waals surface area contributed by atoms with Gasteiger partial charge in [0.15, 0.2) is 11.7 Å². The fraction of sp³-hybridized carbons (Fsp3) is 0.464. The monoisotopic (exact) mass is 540 g/mol. The summed E-state index contributed by atoms with van der Waals surface area (Å²) < 4.78 is 13.2. The number of guanidine groups is 1. The van der Waals surface area contributed by atoms with Crippen molar-refractivity contribution in [1.29, 1.82) is 5.41 Å². The minimum atomic E-state index is -1.23. The summed E-state index contributed by atoms with van der Waals surface area (Å²) in [5.74, 6) is -2.53. The number of benzene rings is 2. The Bertz CT molecular complexity index is 1220. The molecule has 0 saturated carbocycles. The number of ketones is 1. The number of fused-ring (bicyclic) bond motifs is 1. The van der Waals surface area contributed by atoms with Gasteiger partial charge >= 0.3 is 0 Å². The zero-order valence-electron chi connectivity index (χ0n) is 22.3. The normalized spacial score (nSPS) is 16.5. The van der Waals surface area contributed by atoms with Crippen molar-refractivity contribution in [2.24, 2.45) is 11.7 Å². The fourth-order valence-electron chi connectivity index (χ4n) is 4.75. The molecule has 0 bridgehead atoms. The average Bonchev–Trinajstić information content (AvgIpc) is 3.42. The van der Waals surface area contributed by atoms with Crippen LogP contribution in [0.5, 0.6) is 0 Å². The summed E-state index contributed by atoms with van der Waals surface area (Å²) in [6, 6.07) is 10.2. The maximum Gasteiger partial charge on any atom is 0.251 e. The van der Waals surface area contributed by atoms with Gasteiger partial charge in [-0.15, -0.1) is 0 Å². The zero-order valence-corrected chi connectivity index (χ0v) is 22.3. The molecule has 1 fully saturated rings. The molecule has 3 atom stereocenters. The minimum absolute atomic E-state index is 0.159. The molecule has 210 valence electrons. The molecule has 10 nitrogen and oxygen atoms in total. The molecule has 0 aliphatic carbocycles. The third-order valence-electron chi connectivity index (χ3n) is 6.89. The first-order chi connectivity index (χ1) is 18.6. The second kappa shape index (κ2) is 13.7. The van der Waals surface area contributed by atoms with Crippen LogP contribution in [0.1, 0.15) is 49.9 Å². The van der Waals surface area contributed by atoms with Gasteiger partial charge in [-0.2, -0.15) is 0 Å². The highest BCUT2D eigenvalue weighted by Crippen LogP contribution is 2.22. The van der Waals surface area contributed by atoms with Crippen molar-refractivity contribution >= 4 is 40.2 Å². The molecule has 11 heteroatoms. The van der Waals surface area contributed by atoms with Crippen LogP contribution in [-0.2, 0) is 14.4 Å². The van der Waals surface area contributed by atoms with Crippen LogP contribution in [0.25, 0.3) is 10.8 Å². The Kier molecular flexibility index (Phi) is 10.4. The lowest BCUT2D eigenvalue weighted by Crippen LogP contribution is -2.56. The third kappa shape index (κ3) is 7.75. The molecule has 6 N–H and O–H groups in total. The van der Waals surface area contributed by atoms with Gasteiger partial charge < -0.3 is 26.6 Å². The van der Waals surface area contributed by atoms with Crippen LogP contribution < -0.4 is 21.7 Å². The quantitative estimate of drug-likeness (QED) is 0.157. The smallest absolute Gasteiger partial charge is 0.251 e. The summed E-state index contributed by atoms with van der Waals surface area (Å²) in [6.45, 7) is 3.03. The molecule has 2 aromatic carbocycles. The molecule has 0 spiro atoms. The predicted molar refractivity (Wildman–Crippen MR) is 147 cm³/mol. The van der Waals surface area contributed by atoms with Crippen molar-refractivity contribution in [3.8, 4) is 0 Å². The molecule has 3 rings (SSSR count). The maximum atomic E-state index is 13.6. The third-order valence-corrected chi connectivity index (χ3v) is 6.89. The van der Waals surface area contributed by atoms with E-state index < -0.39 is 36.5 Å². The van der Waals surface area contributed by atoms with E-state index in [1.165, 1.54) is 4.90 Å². The van der Waals surface area contributed by atoms with Crippen LogP contribution in [-0.4, -0.2) is 72.3 Å². The molecule has 1 saturated heterocycles. The van der Waals surface area contributed by atoms with Gasteiger partial charge in [0, 0.05) is 18.7 Å². The van der Waals surface area contributed by atoms with Crippen LogP contribution in [0.3, 0.4) is 0 Å². The molecular weight excluding hydrogens is 503 g/mol. The Morgan fingerprint density at radius 2 is 1.82 bits per heavy atom. The van der Waals surface area contributed by atoms with Crippen molar-refractivity contribution < 1.29 is 23.6 Å². The fourth-order valence-corrected chi connectivity index (χ4v) is 4.75. The van der Waals surface area contributed by atoms with E-state index in [0.29, 0.717) is 37.9 Å². The Morgan fingerprint density at radius 3 is 2.49 bits per heavy atom. The van der Waals surface area contributed by atoms with E-state index in [-0.39, 0.29) is 30.1 Å². The van der Waals surface area contributed by atoms with Gasteiger partial charge in [-0.25, -0.2) is 4.39 Å². The molecule has 2 unspecified atom stereocenters. The number of Topliss-reactive ketones (excluding diaryl/α,β-unsaturated/α-hetero) is 1. The molecule has 1 aliphatic rings. The van der Waals surface area contributed by atoms with Crippen LogP contribution in [0, 0.1) is 11.3 Å². The number of rotatable bonds is 12. The van der Waals surface area contributed by atoms with E-state index in [2.05, 4.69) is 16.0 Å². The Balaban J connectivity index is 1.68. The van der Waals surface area contributed by atoms with Gasteiger partial charge in [0.2, 0.25) is 11.8 Å². The first kappa shape index (κ1) is 29.5. The van der Waals surface area contributed by atoms with Gasteiger partial charge in [-0.05, 0) is 54.5 Å². The summed E-state index contributed by atoms with van der Waals surface area (Å²) >= 11 is 0. The number of halogens is 1. The van der Waals surface area contributed by atoms with Gasteiger partial charge in [-0.3, -0.25) is 24.6 Å². The van der Waals surface area contributed by atoms with Gasteiger partial charge in [0.1, 0.15) is 18.8 Å². The highest BCUT2D eigenvalue weighted by Gasteiger charge is 2.39. The summed E-state index contributed by atoms with van der Waals surface area (Å²) in [5, 5.41) is 17.1. The van der Waals surface area contributed by atoms with Gasteiger partial charge in [0.05, 0.1) is 6.04 Å². The number of hydrogen-bond acceptors (Lipinski definition) is 5. The molecule has 2 aromatic rings. The minimum Gasteiger partial charge on any atom is -0.370 e. The predicted octanol–water partition coefficient (Wildman–Crippen LogP) is 1.87. The van der Waals surface area contributed by atoms with Crippen LogP contribution in [0.15, 0.2) is 42.5 Å². The lowest BCUT2D eigenvalue weighted by molar-refractivity contribution is -0.141. The largest absolute Gasteiger partial charge is 0.370 e. The van der Waals surface area contributed by atoms with Gasteiger partial charge in [-0.1, -0.05) is 44.2 Å². The topological polar surface area (TPSA) is 157 Å². The first-order valence-corrected chi connectivity index (χ1v) is 13.2. The van der Waals surface area contributed by atoms with Crippen molar-refractivity contribution in [3.05, 3.63) is 48.0 Å². The molecule has 39 heavy (non-hydrogen) atoms. The summed E-state index contributed by atoms with van der Waals surface area (Å²) in [7, 11) is 0. The maximum absolute atomic E-state index is 13.6. The number of carbonyl (C=O) groups is 4. The lowest BCUT2D eigenvalue weighted by atomic mass is 10.0. The SMILES string of the molecule is CC(C)C(NC(=O)c1ccc2ccccc2c1)C(=O)N1CCC[C@H]1C(=O)NC(CCCNC(=N)N)C(=O)CF. The number of alkyl halides is 1. The lowest BCUT2D eigenvalue weighted by Gasteiger charge is -2.31. The second-order valence-electron chi connectivity index (χ2n) is 10.1. The average molecular weight is 541 g/mol. The highest BCUT2D eigenvalue weighted by atomic mass is 19.1. The molecule has 1 aliphatic heterocycles. The summed E-state index contributed by atoms with van der Waals surface area (Å²) in [4.78, 5) is 53.4. The number of carbonyl (C=O) groups excluding carboxylic acids is 4. The van der Waals surface area contributed by atoms with E-state index in [1.807, 2.05) is 44.2 Å². The molecular formula is C28H37FN6O4. The van der Waals surface area contributed by atoms with Crippen molar-refractivity contribution in [3.63, 3.8) is 0 Å². The molecule has 3 amide bonds. The van der Waals surface area contributed by atoms with E-state index in [9.17, 15) is 23.6 Å². The van der Waals surface area contributed by atoms with E-state index in [0.717, 1.165) is 10.8 Å². The highest BCUT2D eigenvalue weighted by molar-refractivity contribution is 6.01. The Labute approximate surface area is 227 Å². The van der Waals surface area contributed by atoms with E-state index in [4.69, 9.17) is 11.1 Å². The van der Waals surface area contributed by atoms with Crippen molar-refractivity contribution in [2.45, 2.75) is 57.7 Å². The van der Waals surface area contributed by atoms with Crippen LogP contribution in [0.2, 0.25) is 0 Å². The van der Waals surface area contributed by atoms with E-state index in [1.54, 1.807) is 12.1 Å². The summed E-state index contributed by atoms with van der Waals surface area (Å²) in [6.07, 6.45) is 1.51. The van der Waals surface area contributed by atoms with Crippen LogP contribution in [0.4, 0.5) is 4.39 Å². The second-order valence-corrected chi connectivity index (χ2v) is 10.1. The zero-order chi connectivity index (χ0) is 28.5. The standard InChI is InChI=1S/C28H37FN6O4/c1-17(2)24(34-25(37)20-12-11-18-7-3-4-8-19(18)15-20)27(39)35-14-6-10-22(35)26(38)33-21(23(36)16-29)9-5-13-32-28(30)31/h3-4,7-8,11-12,15,17,21-22,24H,5-6,9-10,13-14,16H2,1-2H3,(H,33,38)(H,34,37)(H4,30,31,32)/t21?,22-,24?/m0/s1.